The van der Waals surface area contributed by atoms with E-state index in [1.54, 1.807) is 6.20 Å². The lowest BCUT2D eigenvalue weighted by Crippen LogP contribution is -2.36. The first-order valence-electron chi connectivity index (χ1n) is 9.24. The molecule has 1 unspecified atom stereocenters. The predicted molar refractivity (Wildman–Crippen MR) is 102 cm³/mol. The third-order valence-electron chi connectivity index (χ3n) is 5.02. The van der Waals surface area contributed by atoms with Crippen molar-refractivity contribution in [2.75, 3.05) is 36.5 Å². The molecule has 1 aromatic carbocycles. The molecule has 0 saturated carbocycles. The van der Waals surface area contributed by atoms with Gasteiger partial charge in [-0.05, 0) is 42.5 Å². The fourth-order valence-electron chi connectivity index (χ4n) is 3.67. The standard InChI is InChI=1S/C20H24N4O2/c25-20(23-18-7-3-5-15-4-1-2-6-17(15)18)22-16-8-9-19(21-14-16)24-10-12-26-13-11-24/h1-2,4,6,8-9,14,18H,3,5,7,10-13H2,(H2,22,23,25). The van der Waals surface area contributed by atoms with E-state index in [2.05, 4.69) is 38.7 Å². The zero-order valence-corrected chi connectivity index (χ0v) is 14.8. The number of amides is 2. The monoisotopic (exact) mass is 352 g/mol. The molecule has 4 rings (SSSR count). The Morgan fingerprint density at radius 3 is 2.81 bits per heavy atom. The summed E-state index contributed by atoms with van der Waals surface area (Å²) in [4.78, 5) is 19.1. The van der Waals surface area contributed by atoms with Crippen LogP contribution in [0.5, 0.6) is 0 Å². The third-order valence-corrected chi connectivity index (χ3v) is 5.02. The maximum absolute atomic E-state index is 12.4. The van der Waals surface area contributed by atoms with E-state index in [4.69, 9.17) is 4.74 Å². The Morgan fingerprint density at radius 2 is 2.00 bits per heavy atom. The van der Waals surface area contributed by atoms with Crippen molar-refractivity contribution in [2.24, 2.45) is 0 Å². The van der Waals surface area contributed by atoms with Crippen molar-refractivity contribution in [1.82, 2.24) is 10.3 Å². The largest absolute Gasteiger partial charge is 0.378 e. The molecule has 2 aromatic rings. The molecule has 1 fully saturated rings. The summed E-state index contributed by atoms with van der Waals surface area (Å²) in [7, 11) is 0. The molecular formula is C20H24N4O2. The molecule has 26 heavy (non-hydrogen) atoms. The van der Waals surface area contributed by atoms with Gasteiger partial charge >= 0.3 is 6.03 Å². The maximum atomic E-state index is 12.4. The highest BCUT2D eigenvalue weighted by Crippen LogP contribution is 2.29. The van der Waals surface area contributed by atoms with Gasteiger partial charge in [-0.3, -0.25) is 0 Å². The van der Waals surface area contributed by atoms with Crippen molar-refractivity contribution in [2.45, 2.75) is 25.3 Å². The smallest absolute Gasteiger partial charge is 0.319 e. The number of nitrogens with zero attached hydrogens (tertiary/aromatic N) is 2. The first-order chi connectivity index (χ1) is 12.8. The minimum atomic E-state index is -0.187. The molecule has 2 amide bonds. The minimum Gasteiger partial charge on any atom is -0.378 e. The van der Waals surface area contributed by atoms with E-state index in [0.717, 1.165) is 51.4 Å². The summed E-state index contributed by atoms with van der Waals surface area (Å²) >= 11 is 0. The van der Waals surface area contributed by atoms with Crippen molar-refractivity contribution < 1.29 is 9.53 Å². The van der Waals surface area contributed by atoms with Crippen LogP contribution < -0.4 is 15.5 Å². The molecule has 2 aliphatic rings. The molecule has 2 heterocycles. The molecule has 1 aliphatic heterocycles. The van der Waals surface area contributed by atoms with Gasteiger partial charge in [0.1, 0.15) is 5.82 Å². The first-order valence-corrected chi connectivity index (χ1v) is 9.24. The Balaban J connectivity index is 1.36. The zero-order chi connectivity index (χ0) is 17.8. The first kappa shape index (κ1) is 16.8. The second-order valence-corrected chi connectivity index (χ2v) is 6.75. The van der Waals surface area contributed by atoms with Crippen LogP contribution >= 0.6 is 0 Å². The lowest BCUT2D eigenvalue weighted by molar-refractivity contribution is 0.122. The van der Waals surface area contributed by atoms with E-state index < -0.39 is 0 Å². The van der Waals surface area contributed by atoms with E-state index in [1.165, 1.54) is 11.1 Å². The molecule has 1 saturated heterocycles. The van der Waals surface area contributed by atoms with Gasteiger partial charge in [0.15, 0.2) is 0 Å². The van der Waals surface area contributed by atoms with Gasteiger partial charge in [-0.2, -0.15) is 0 Å². The number of hydrogen-bond acceptors (Lipinski definition) is 4. The summed E-state index contributed by atoms with van der Waals surface area (Å²) in [5.74, 6) is 0.917. The van der Waals surface area contributed by atoms with Gasteiger partial charge in [0.05, 0.1) is 31.1 Å². The van der Waals surface area contributed by atoms with Crippen molar-refractivity contribution in [3.8, 4) is 0 Å². The molecule has 0 bridgehead atoms. The Bertz CT molecular complexity index is 757. The predicted octanol–water partition coefficient (Wildman–Crippen LogP) is 3.12. The number of nitrogens with one attached hydrogen (secondary N) is 2. The second-order valence-electron chi connectivity index (χ2n) is 6.75. The number of urea groups is 1. The highest BCUT2D eigenvalue weighted by Gasteiger charge is 2.21. The summed E-state index contributed by atoms with van der Waals surface area (Å²) in [6, 6.07) is 12.1. The van der Waals surface area contributed by atoms with Gasteiger partial charge < -0.3 is 20.3 Å². The molecule has 6 nitrogen and oxygen atoms in total. The van der Waals surface area contributed by atoms with Gasteiger partial charge in [-0.15, -0.1) is 0 Å². The van der Waals surface area contributed by atoms with Gasteiger partial charge in [-0.25, -0.2) is 9.78 Å². The van der Waals surface area contributed by atoms with E-state index in [1.807, 2.05) is 18.2 Å². The number of rotatable bonds is 3. The number of aromatic nitrogens is 1. The van der Waals surface area contributed by atoms with Crippen molar-refractivity contribution in [3.05, 3.63) is 53.7 Å². The second kappa shape index (κ2) is 7.74. The Kier molecular flexibility index (Phi) is 5.02. The van der Waals surface area contributed by atoms with Crippen LogP contribution in [0.2, 0.25) is 0 Å². The lowest BCUT2D eigenvalue weighted by Gasteiger charge is -2.28. The molecule has 0 radical (unpaired) electrons. The van der Waals surface area contributed by atoms with Crippen molar-refractivity contribution >= 4 is 17.5 Å². The fourth-order valence-corrected chi connectivity index (χ4v) is 3.67. The van der Waals surface area contributed by atoms with Crippen LogP contribution in [-0.4, -0.2) is 37.3 Å². The third kappa shape index (κ3) is 3.80. The highest BCUT2D eigenvalue weighted by molar-refractivity contribution is 5.89. The van der Waals surface area contributed by atoms with E-state index in [-0.39, 0.29) is 12.1 Å². The van der Waals surface area contributed by atoms with Crippen LogP contribution in [0.4, 0.5) is 16.3 Å². The van der Waals surface area contributed by atoms with Crippen LogP contribution in [0, 0.1) is 0 Å². The average molecular weight is 352 g/mol. The molecule has 0 spiro atoms. The van der Waals surface area contributed by atoms with Crippen LogP contribution in [0.1, 0.15) is 30.0 Å². The summed E-state index contributed by atoms with van der Waals surface area (Å²) in [5, 5.41) is 5.99. The fraction of sp³-hybridized carbons (Fsp3) is 0.400. The SMILES string of the molecule is O=C(Nc1ccc(N2CCOCC2)nc1)NC1CCCc2ccccc21. The number of hydrogen-bond donors (Lipinski definition) is 2. The number of pyridine rings is 1. The quantitative estimate of drug-likeness (QED) is 0.891. The van der Waals surface area contributed by atoms with Gasteiger partial charge in [0.25, 0.3) is 0 Å². The number of ether oxygens (including phenoxy) is 1. The number of anilines is 2. The van der Waals surface area contributed by atoms with Crippen molar-refractivity contribution in [3.63, 3.8) is 0 Å². The van der Waals surface area contributed by atoms with Crippen LogP contribution in [0.3, 0.4) is 0 Å². The van der Waals surface area contributed by atoms with E-state index in [0.29, 0.717) is 5.69 Å². The topological polar surface area (TPSA) is 66.5 Å². The van der Waals surface area contributed by atoms with E-state index in [9.17, 15) is 4.79 Å². The summed E-state index contributed by atoms with van der Waals surface area (Å²) < 4.78 is 5.36. The normalized spacial score (nSPS) is 19.5. The maximum Gasteiger partial charge on any atom is 0.319 e. The summed E-state index contributed by atoms with van der Waals surface area (Å²) in [6.45, 7) is 3.16. The molecular weight excluding hydrogens is 328 g/mol. The number of morpholine rings is 1. The number of benzene rings is 1. The van der Waals surface area contributed by atoms with Gasteiger partial charge in [-0.1, -0.05) is 24.3 Å². The Labute approximate surface area is 153 Å². The summed E-state index contributed by atoms with van der Waals surface area (Å²) in [5.41, 5.74) is 3.26. The van der Waals surface area contributed by atoms with Gasteiger partial charge in [0, 0.05) is 13.1 Å². The molecule has 1 atom stereocenters. The number of fused-ring (bicyclic) bond motifs is 1. The molecule has 1 aromatic heterocycles. The highest BCUT2D eigenvalue weighted by atomic mass is 16.5. The number of carbonyl (C=O) groups excluding carboxylic acids is 1. The van der Waals surface area contributed by atoms with Crippen LogP contribution in [-0.2, 0) is 11.2 Å². The number of carbonyl (C=O) groups is 1. The number of aryl methyl sites for hydroxylation is 1. The summed E-state index contributed by atoms with van der Waals surface area (Å²) in [6.07, 6.45) is 4.86. The molecule has 136 valence electrons. The van der Waals surface area contributed by atoms with E-state index >= 15 is 0 Å². The Hall–Kier alpha value is -2.60. The van der Waals surface area contributed by atoms with Crippen LogP contribution in [0.25, 0.3) is 0 Å². The van der Waals surface area contributed by atoms with Crippen LogP contribution in [0.15, 0.2) is 42.6 Å². The molecule has 2 N–H and O–H groups in total. The minimum absolute atomic E-state index is 0.0699. The molecule has 1 aliphatic carbocycles. The van der Waals surface area contributed by atoms with Gasteiger partial charge in [0.2, 0.25) is 0 Å². The zero-order valence-electron chi connectivity index (χ0n) is 14.8. The molecule has 6 heteroatoms. The van der Waals surface area contributed by atoms with Crippen molar-refractivity contribution in [1.29, 1.82) is 0 Å². The Morgan fingerprint density at radius 1 is 1.15 bits per heavy atom. The lowest BCUT2D eigenvalue weighted by atomic mass is 9.88. The average Bonchev–Trinajstić information content (AvgIpc) is 2.69.